The third-order valence-corrected chi connectivity index (χ3v) is 4.46. The number of anilines is 1. The molecule has 10 heteroatoms. The molecule has 0 saturated carbocycles. The van der Waals surface area contributed by atoms with Crippen molar-refractivity contribution in [2.75, 3.05) is 25.1 Å². The van der Waals surface area contributed by atoms with Crippen LogP contribution in [-0.2, 0) is 9.53 Å². The van der Waals surface area contributed by atoms with Gasteiger partial charge in [-0.15, -0.1) is 0 Å². The summed E-state index contributed by atoms with van der Waals surface area (Å²) >= 11 is 5.07. The minimum absolute atomic E-state index is 0.0724. The quantitative estimate of drug-likeness (QED) is 0.252. The van der Waals surface area contributed by atoms with Crippen molar-refractivity contribution in [3.05, 3.63) is 59.7 Å². The number of ether oxygens (including phenoxy) is 2. The fraction of sp³-hybridized carbons (Fsp3) is 0.304. The first-order valence-electron chi connectivity index (χ1n) is 10.4. The van der Waals surface area contributed by atoms with Gasteiger partial charge in [-0.25, -0.2) is 0 Å². The Hall–Kier alpha value is -3.50. The van der Waals surface area contributed by atoms with Crippen LogP contribution in [0.3, 0.4) is 0 Å². The predicted octanol–water partition coefficient (Wildman–Crippen LogP) is 2.65. The summed E-state index contributed by atoms with van der Waals surface area (Å²) in [4.78, 5) is 36.4. The smallest absolute Gasteiger partial charge is 0.269 e. The van der Waals surface area contributed by atoms with Crippen LogP contribution in [0.25, 0.3) is 0 Å². The normalized spacial score (nSPS) is 10.3. The molecular formula is C23H28N4O5S. The van der Waals surface area contributed by atoms with Gasteiger partial charge in [0.25, 0.3) is 11.8 Å². The molecule has 9 nitrogen and oxygen atoms in total. The van der Waals surface area contributed by atoms with Gasteiger partial charge in [0, 0.05) is 29.3 Å². The van der Waals surface area contributed by atoms with Gasteiger partial charge in [0.15, 0.2) is 5.11 Å². The standard InChI is InChI=1S/C23H28N4O5S/c1-4-31-12-13-32-19-7-5-6-17(14-19)21(29)25-23(33)27-26-22(30)16-8-10-18(11-9-16)24-20(28)15(2)3/h5-11,14-15H,4,12-13H2,1-3H3,(H,24,28)(H,26,30)(H2,25,27,29,33). The Labute approximate surface area is 198 Å². The van der Waals surface area contributed by atoms with Crippen LogP contribution >= 0.6 is 12.2 Å². The Kier molecular flexibility index (Phi) is 10.3. The number of amides is 3. The van der Waals surface area contributed by atoms with Crippen LogP contribution in [0.5, 0.6) is 5.75 Å². The summed E-state index contributed by atoms with van der Waals surface area (Å²) in [5.74, 6) is -0.649. The summed E-state index contributed by atoms with van der Waals surface area (Å²) in [5.41, 5.74) is 6.18. The lowest BCUT2D eigenvalue weighted by Gasteiger charge is -2.12. The maximum atomic E-state index is 12.4. The third kappa shape index (κ3) is 8.87. The molecular weight excluding hydrogens is 444 g/mol. The molecule has 0 aliphatic rings. The Morgan fingerprint density at radius 1 is 0.939 bits per heavy atom. The second-order valence-electron chi connectivity index (χ2n) is 7.16. The van der Waals surface area contributed by atoms with Crippen LogP contribution in [0.4, 0.5) is 5.69 Å². The molecule has 2 aromatic rings. The van der Waals surface area contributed by atoms with E-state index < -0.39 is 11.8 Å². The molecule has 0 heterocycles. The number of nitrogens with one attached hydrogen (secondary N) is 4. The van der Waals surface area contributed by atoms with Crippen molar-refractivity contribution in [3.63, 3.8) is 0 Å². The van der Waals surface area contributed by atoms with Gasteiger partial charge < -0.3 is 14.8 Å². The highest BCUT2D eigenvalue weighted by Gasteiger charge is 2.11. The van der Waals surface area contributed by atoms with E-state index in [0.29, 0.717) is 42.4 Å². The number of carbonyl (C=O) groups is 3. The van der Waals surface area contributed by atoms with Gasteiger partial charge in [-0.3, -0.25) is 30.6 Å². The molecule has 3 amide bonds. The van der Waals surface area contributed by atoms with Gasteiger partial charge >= 0.3 is 0 Å². The van der Waals surface area contributed by atoms with Gasteiger partial charge in [0.2, 0.25) is 5.91 Å². The van der Waals surface area contributed by atoms with E-state index in [1.165, 1.54) is 0 Å². The molecule has 2 rings (SSSR count). The second-order valence-corrected chi connectivity index (χ2v) is 7.57. The maximum Gasteiger partial charge on any atom is 0.269 e. The molecule has 0 atom stereocenters. The summed E-state index contributed by atoms with van der Waals surface area (Å²) in [5, 5.41) is 5.16. The number of rotatable bonds is 9. The molecule has 2 aromatic carbocycles. The first-order chi connectivity index (χ1) is 15.8. The highest BCUT2D eigenvalue weighted by atomic mass is 32.1. The molecule has 0 spiro atoms. The number of carbonyl (C=O) groups excluding carboxylic acids is 3. The lowest BCUT2D eigenvalue weighted by molar-refractivity contribution is -0.118. The zero-order chi connectivity index (χ0) is 24.2. The molecule has 176 valence electrons. The number of hydrogen-bond donors (Lipinski definition) is 4. The highest BCUT2D eigenvalue weighted by molar-refractivity contribution is 7.80. The average molecular weight is 473 g/mol. The summed E-state index contributed by atoms with van der Waals surface area (Å²) in [6, 6.07) is 13.0. The SMILES string of the molecule is CCOCCOc1cccc(C(=O)NC(=S)NNC(=O)c2ccc(NC(=O)C(C)C)cc2)c1. The van der Waals surface area contributed by atoms with Gasteiger partial charge in [-0.05, 0) is 61.6 Å². The molecule has 0 aliphatic heterocycles. The number of hydrogen-bond acceptors (Lipinski definition) is 6. The largest absolute Gasteiger partial charge is 0.491 e. The molecule has 0 radical (unpaired) electrons. The molecule has 0 saturated heterocycles. The van der Waals surface area contributed by atoms with Gasteiger partial charge in [0.1, 0.15) is 12.4 Å². The summed E-state index contributed by atoms with van der Waals surface area (Å²) in [7, 11) is 0. The molecule has 0 unspecified atom stereocenters. The van der Waals surface area contributed by atoms with E-state index in [0.717, 1.165) is 0 Å². The van der Waals surface area contributed by atoms with E-state index in [-0.39, 0.29) is 16.9 Å². The fourth-order valence-corrected chi connectivity index (χ4v) is 2.62. The molecule has 0 aromatic heterocycles. The summed E-state index contributed by atoms with van der Waals surface area (Å²) in [6.45, 7) is 6.91. The zero-order valence-electron chi connectivity index (χ0n) is 18.8. The van der Waals surface area contributed by atoms with Crippen molar-refractivity contribution in [1.82, 2.24) is 16.2 Å². The molecule has 4 N–H and O–H groups in total. The Bertz CT molecular complexity index is 979. The van der Waals surface area contributed by atoms with Crippen molar-refractivity contribution in [2.24, 2.45) is 5.92 Å². The van der Waals surface area contributed by atoms with E-state index in [2.05, 4.69) is 21.5 Å². The van der Waals surface area contributed by atoms with E-state index in [1.807, 2.05) is 6.92 Å². The minimum Gasteiger partial charge on any atom is -0.491 e. The Balaban J connectivity index is 1.81. The van der Waals surface area contributed by atoms with Crippen LogP contribution in [0.15, 0.2) is 48.5 Å². The van der Waals surface area contributed by atoms with E-state index >= 15 is 0 Å². The molecule has 33 heavy (non-hydrogen) atoms. The van der Waals surface area contributed by atoms with Gasteiger partial charge in [-0.2, -0.15) is 0 Å². The second kappa shape index (κ2) is 13.1. The van der Waals surface area contributed by atoms with Crippen LogP contribution in [0.1, 0.15) is 41.5 Å². The van der Waals surface area contributed by atoms with Gasteiger partial charge in [-0.1, -0.05) is 19.9 Å². The third-order valence-electron chi connectivity index (χ3n) is 4.25. The predicted molar refractivity (Wildman–Crippen MR) is 129 cm³/mol. The first-order valence-corrected chi connectivity index (χ1v) is 10.8. The Morgan fingerprint density at radius 2 is 1.67 bits per heavy atom. The molecule has 0 fully saturated rings. The van der Waals surface area contributed by atoms with Crippen molar-refractivity contribution in [1.29, 1.82) is 0 Å². The van der Waals surface area contributed by atoms with E-state index in [9.17, 15) is 14.4 Å². The van der Waals surface area contributed by atoms with Gasteiger partial charge in [0.05, 0.1) is 6.61 Å². The van der Waals surface area contributed by atoms with Crippen molar-refractivity contribution >= 4 is 40.7 Å². The topological polar surface area (TPSA) is 118 Å². The summed E-state index contributed by atoms with van der Waals surface area (Å²) in [6.07, 6.45) is 0. The Morgan fingerprint density at radius 3 is 2.33 bits per heavy atom. The van der Waals surface area contributed by atoms with Crippen LogP contribution < -0.4 is 26.2 Å². The van der Waals surface area contributed by atoms with Crippen LogP contribution in [0.2, 0.25) is 0 Å². The molecule has 0 aliphatic carbocycles. The number of thiocarbonyl (C=S) groups is 1. The lowest BCUT2D eigenvalue weighted by atomic mass is 10.1. The lowest BCUT2D eigenvalue weighted by Crippen LogP contribution is -2.48. The highest BCUT2D eigenvalue weighted by Crippen LogP contribution is 2.13. The zero-order valence-corrected chi connectivity index (χ0v) is 19.6. The fourth-order valence-electron chi connectivity index (χ4n) is 2.47. The van der Waals surface area contributed by atoms with Crippen LogP contribution in [-0.4, -0.2) is 42.7 Å². The van der Waals surface area contributed by atoms with Crippen molar-refractivity contribution in [3.8, 4) is 5.75 Å². The van der Waals surface area contributed by atoms with Crippen molar-refractivity contribution < 1.29 is 23.9 Å². The van der Waals surface area contributed by atoms with E-state index in [1.54, 1.807) is 62.4 Å². The molecule has 0 bridgehead atoms. The number of hydrazine groups is 1. The minimum atomic E-state index is -0.460. The monoisotopic (exact) mass is 472 g/mol. The number of benzene rings is 2. The first kappa shape index (κ1) is 25.8. The average Bonchev–Trinajstić information content (AvgIpc) is 2.81. The summed E-state index contributed by atoms with van der Waals surface area (Å²) < 4.78 is 10.8. The maximum absolute atomic E-state index is 12.4. The van der Waals surface area contributed by atoms with E-state index in [4.69, 9.17) is 21.7 Å². The van der Waals surface area contributed by atoms with Crippen molar-refractivity contribution in [2.45, 2.75) is 20.8 Å². The van der Waals surface area contributed by atoms with Crippen LogP contribution in [0, 0.1) is 5.92 Å².